The number of carbonyl (C=O) groups excluding carboxylic acids is 1. The molecule has 0 aliphatic carbocycles. The number of nitrogens with one attached hydrogen (secondary N) is 1. The van der Waals surface area contributed by atoms with Crippen molar-refractivity contribution in [1.29, 1.82) is 0 Å². The van der Waals surface area contributed by atoms with Crippen molar-refractivity contribution in [3.63, 3.8) is 0 Å². The lowest BCUT2D eigenvalue weighted by molar-refractivity contribution is 0.0820. The molecule has 19 heavy (non-hydrogen) atoms. The second-order valence-corrected chi connectivity index (χ2v) is 5.92. The average molecular weight is 327 g/mol. The highest BCUT2D eigenvalue weighted by molar-refractivity contribution is 9.10. The number of anilines is 1. The fourth-order valence-electron chi connectivity index (χ4n) is 2.32. The molecule has 5 heteroatoms. The third kappa shape index (κ3) is 3.94. The van der Waals surface area contributed by atoms with E-state index in [-0.39, 0.29) is 12.1 Å². The van der Waals surface area contributed by atoms with Gasteiger partial charge in [-0.2, -0.15) is 0 Å². The summed E-state index contributed by atoms with van der Waals surface area (Å²) in [5.74, 6) is 0.316. The van der Waals surface area contributed by atoms with Crippen LogP contribution in [0.1, 0.15) is 19.8 Å². The van der Waals surface area contributed by atoms with E-state index in [9.17, 15) is 9.90 Å². The number of hydrogen-bond donors (Lipinski definition) is 2. The van der Waals surface area contributed by atoms with Gasteiger partial charge in [-0.15, -0.1) is 0 Å². The van der Waals surface area contributed by atoms with Gasteiger partial charge in [-0.05, 0) is 49.9 Å². The van der Waals surface area contributed by atoms with Crippen LogP contribution in [0.15, 0.2) is 28.7 Å². The van der Waals surface area contributed by atoms with Gasteiger partial charge in [0.2, 0.25) is 0 Å². The van der Waals surface area contributed by atoms with Gasteiger partial charge in [0.15, 0.2) is 0 Å². The molecule has 0 spiro atoms. The van der Waals surface area contributed by atoms with Crippen LogP contribution >= 0.6 is 15.9 Å². The van der Waals surface area contributed by atoms with Gasteiger partial charge in [-0.25, -0.2) is 4.79 Å². The van der Waals surface area contributed by atoms with E-state index in [1.54, 1.807) is 4.90 Å². The van der Waals surface area contributed by atoms with Crippen molar-refractivity contribution in [3.8, 4) is 0 Å². The van der Waals surface area contributed by atoms with Gasteiger partial charge in [0, 0.05) is 23.2 Å². The Hall–Kier alpha value is -1.07. The van der Waals surface area contributed by atoms with Crippen molar-refractivity contribution < 1.29 is 9.90 Å². The van der Waals surface area contributed by atoms with E-state index in [4.69, 9.17) is 0 Å². The first-order valence-corrected chi connectivity index (χ1v) is 7.35. The lowest BCUT2D eigenvalue weighted by atomic mass is 9.92. The molecule has 1 unspecified atom stereocenters. The number of hydrogen-bond acceptors (Lipinski definition) is 2. The van der Waals surface area contributed by atoms with E-state index in [1.807, 2.05) is 31.2 Å². The van der Waals surface area contributed by atoms with Gasteiger partial charge in [0.1, 0.15) is 0 Å². The lowest BCUT2D eigenvalue weighted by Gasteiger charge is -2.33. The Morgan fingerprint density at radius 3 is 2.47 bits per heavy atom. The number of amides is 2. The van der Waals surface area contributed by atoms with Gasteiger partial charge >= 0.3 is 6.03 Å². The highest BCUT2D eigenvalue weighted by Gasteiger charge is 2.25. The van der Waals surface area contributed by atoms with Crippen molar-refractivity contribution in [2.75, 3.05) is 18.4 Å². The van der Waals surface area contributed by atoms with Crippen molar-refractivity contribution in [2.24, 2.45) is 5.92 Å². The summed E-state index contributed by atoms with van der Waals surface area (Å²) in [6.45, 7) is 3.23. The van der Waals surface area contributed by atoms with Gasteiger partial charge in [0.05, 0.1) is 6.10 Å². The molecule has 1 aromatic carbocycles. The number of aliphatic hydroxyl groups is 1. The molecule has 1 atom stereocenters. The predicted octanol–water partition coefficient (Wildman–Crippen LogP) is 3.07. The van der Waals surface area contributed by atoms with Gasteiger partial charge in [-0.3, -0.25) is 0 Å². The van der Waals surface area contributed by atoms with Gasteiger partial charge < -0.3 is 15.3 Å². The molecule has 0 aromatic heterocycles. The number of benzene rings is 1. The van der Waals surface area contributed by atoms with E-state index in [0.29, 0.717) is 19.0 Å². The van der Waals surface area contributed by atoms with Gasteiger partial charge in [-0.1, -0.05) is 15.9 Å². The monoisotopic (exact) mass is 326 g/mol. The van der Waals surface area contributed by atoms with Crippen LogP contribution in [0.5, 0.6) is 0 Å². The number of piperidine rings is 1. The molecule has 1 fully saturated rings. The number of nitrogens with zero attached hydrogens (tertiary/aromatic N) is 1. The zero-order valence-corrected chi connectivity index (χ0v) is 12.6. The summed E-state index contributed by atoms with van der Waals surface area (Å²) in [5, 5.41) is 12.4. The molecular weight excluding hydrogens is 308 g/mol. The standard InChI is InChI=1S/C14H19BrN2O2/c1-10(18)11-6-8-17(9-7-11)14(19)16-13-4-2-12(15)3-5-13/h2-5,10-11,18H,6-9H2,1H3,(H,16,19). The largest absolute Gasteiger partial charge is 0.393 e. The number of likely N-dealkylation sites (tertiary alicyclic amines) is 1. The van der Waals surface area contributed by atoms with Crippen LogP contribution in [0.2, 0.25) is 0 Å². The molecule has 104 valence electrons. The molecule has 1 heterocycles. The average Bonchev–Trinajstić information content (AvgIpc) is 2.41. The van der Waals surface area contributed by atoms with Gasteiger partial charge in [0.25, 0.3) is 0 Å². The second-order valence-electron chi connectivity index (χ2n) is 5.00. The van der Waals surface area contributed by atoms with Crippen LogP contribution < -0.4 is 5.32 Å². The molecular formula is C14H19BrN2O2. The van der Waals surface area contributed by atoms with Crippen molar-refractivity contribution in [3.05, 3.63) is 28.7 Å². The molecule has 2 N–H and O–H groups in total. The Labute approximate surface area is 121 Å². The lowest BCUT2D eigenvalue weighted by Crippen LogP contribution is -2.42. The second kappa shape index (κ2) is 6.39. The summed E-state index contributed by atoms with van der Waals surface area (Å²) in [6, 6.07) is 7.46. The maximum Gasteiger partial charge on any atom is 0.321 e. The first-order chi connectivity index (χ1) is 9.06. The first kappa shape index (κ1) is 14.3. The number of aliphatic hydroxyl groups excluding tert-OH is 1. The van der Waals surface area contributed by atoms with Crippen LogP contribution in [0.3, 0.4) is 0 Å². The SMILES string of the molecule is CC(O)C1CCN(C(=O)Nc2ccc(Br)cc2)CC1. The molecule has 0 bridgehead atoms. The fraction of sp³-hybridized carbons (Fsp3) is 0.500. The van der Waals surface area contributed by atoms with Crippen LogP contribution in [-0.4, -0.2) is 35.2 Å². The minimum Gasteiger partial charge on any atom is -0.393 e. The van der Waals surface area contributed by atoms with Crippen LogP contribution in [0.25, 0.3) is 0 Å². The van der Waals surface area contributed by atoms with Crippen LogP contribution in [0, 0.1) is 5.92 Å². The minimum absolute atomic E-state index is 0.0636. The summed E-state index contributed by atoms with van der Waals surface area (Å²) < 4.78 is 0.989. The molecule has 1 aliphatic rings. The number of urea groups is 1. The molecule has 4 nitrogen and oxygen atoms in total. The number of halogens is 1. The minimum atomic E-state index is -0.281. The molecule has 2 amide bonds. The molecule has 1 aliphatic heterocycles. The number of rotatable bonds is 2. The molecule has 1 saturated heterocycles. The highest BCUT2D eigenvalue weighted by Crippen LogP contribution is 2.21. The van der Waals surface area contributed by atoms with Crippen LogP contribution in [0.4, 0.5) is 10.5 Å². The van der Waals surface area contributed by atoms with Crippen molar-refractivity contribution in [1.82, 2.24) is 4.90 Å². The summed E-state index contributed by atoms with van der Waals surface area (Å²) in [5.41, 5.74) is 0.797. The first-order valence-electron chi connectivity index (χ1n) is 6.56. The van der Waals surface area contributed by atoms with E-state index >= 15 is 0 Å². The summed E-state index contributed by atoms with van der Waals surface area (Å²) in [4.78, 5) is 13.9. The van der Waals surface area contributed by atoms with E-state index < -0.39 is 0 Å². The molecule has 0 radical (unpaired) electrons. The van der Waals surface area contributed by atoms with E-state index in [0.717, 1.165) is 23.0 Å². The topological polar surface area (TPSA) is 52.6 Å². The smallest absolute Gasteiger partial charge is 0.321 e. The summed E-state index contributed by atoms with van der Waals surface area (Å²) in [6.07, 6.45) is 1.45. The Bertz CT molecular complexity index is 426. The number of carbonyl (C=O) groups is 1. The summed E-state index contributed by atoms with van der Waals surface area (Å²) in [7, 11) is 0. The quantitative estimate of drug-likeness (QED) is 0.877. The maximum atomic E-state index is 12.1. The zero-order valence-electron chi connectivity index (χ0n) is 11.0. The fourth-order valence-corrected chi connectivity index (χ4v) is 2.59. The predicted molar refractivity (Wildman–Crippen MR) is 79.1 cm³/mol. The highest BCUT2D eigenvalue weighted by atomic mass is 79.9. The molecule has 2 rings (SSSR count). The zero-order chi connectivity index (χ0) is 13.8. The molecule has 0 saturated carbocycles. The third-order valence-corrected chi connectivity index (χ3v) is 4.13. The van der Waals surface area contributed by atoms with Crippen LogP contribution in [-0.2, 0) is 0 Å². The normalized spacial score (nSPS) is 18.2. The third-order valence-electron chi connectivity index (χ3n) is 3.60. The maximum absolute atomic E-state index is 12.1. The summed E-state index contributed by atoms with van der Waals surface area (Å²) >= 11 is 3.36. The van der Waals surface area contributed by atoms with E-state index in [1.165, 1.54) is 0 Å². The van der Waals surface area contributed by atoms with E-state index in [2.05, 4.69) is 21.2 Å². The Kier molecular flexibility index (Phi) is 4.82. The van der Waals surface area contributed by atoms with Crippen molar-refractivity contribution >= 4 is 27.6 Å². The Morgan fingerprint density at radius 2 is 1.95 bits per heavy atom. The molecule has 1 aromatic rings. The Balaban J connectivity index is 1.86. The Morgan fingerprint density at radius 1 is 1.37 bits per heavy atom. The van der Waals surface area contributed by atoms with Crippen molar-refractivity contribution in [2.45, 2.75) is 25.9 Å².